The molecule has 1 aromatic heterocycles. The summed E-state index contributed by atoms with van der Waals surface area (Å²) in [6.45, 7) is 5.22. The molecule has 14 heavy (non-hydrogen) atoms. The highest BCUT2D eigenvalue weighted by Crippen LogP contribution is 2.09. The highest BCUT2D eigenvalue weighted by molar-refractivity contribution is 7.80. The molecule has 1 fully saturated rings. The van der Waals surface area contributed by atoms with Crippen molar-refractivity contribution < 1.29 is 4.74 Å². The van der Waals surface area contributed by atoms with Crippen molar-refractivity contribution in [2.75, 3.05) is 26.3 Å². The maximum absolute atomic E-state index is 5.37. The van der Waals surface area contributed by atoms with Crippen LogP contribution < -0.4 is 0 Å². The van der Waals surface area contributed by atoms with Crippen molar-refractivity contribution in [3.63, 3.8) is 0 Å². The van der Waals surface area contributed by atoms with Gasteiger partial charge < -0.3 is 14.6 Å². The molecule has 76 valence electrons. The maximum atomic E-state index is 5.37. The van der Waals surface area contributed by atoms with Gasteiger partial charge in [0.2, 0.25) is 0 Å². The number of rotatable bonds is 1. The quantitative estimate of drug-likeness (QED) is 0.695. The number of ether oxygens (including phenoxy) is 1. The number of imidazole rings is 1. The van der Waals surface area contributed by atoms with E-state index in [2.05, 4.69) is 14.9 Å². The SMILES string of the molecule is Cc1[nH]cnc1C(=S)N1CCOCC1. The van der Waals surface area contributed by atoms with E-state index in [0.29, 0.717) is 0 Å². The Labute approximate surface area is 88.3 Å². The van der Waals surface area contributed by atoms with Crippen molar-refractivity contribution in [1.82, 2.24) is 14.9 Å². The van der Waals surface area contributed by atoms with Crippen molar-refractivity contribution in [3.8, 4) is 0 Å². The lowest BCUT2D eigenvalue weighted by Crippen LogP contribution is -2.40. The smallest absolute Gasteiger partial charge is 0.129 e. The van der Waals surface area contributed by atoms with E-state index >= 15 is 0 Å². The molecule has 2 rings (SSSR count). The monoisotopic (exact) mass is 211 g/mol. The first kappa shape index (κ1) is 9.61. The van der Waals surface area contributed by atoms with E-state index in [9.17, 15) is 0 Å². The highest BCUT2D eigenvalue weighted by Gasteiger charge is 2.17. The van der Waals surface area contributed by atoms with Crippen LogP contribution in [0.2, 0.25) is 0 Å². The summed E-state index contributed by atoms with van der Waals surface area (Å²) in [5.74, 6) is 0. The van der Waals surface area contributed by atoms with Crippen LogP contribution in [0.15, 0.2) is 6.33 Å². The molecule has 5 heteroatoms. The van der Waals surface area contributed by atoms with Crippen molar-refractivity contribution in [2.24, 2.45) is 0 Å². The van der Waals surface area contributed by atoms with Gasteiger partial charge in [0.1, 0.15) is 10.7 Å². The predicted octanol–water partition coefficient (Wildman–Crippen LogP) is 0.726. The van der Waals surface area contributed by atoms with Crippen molar-refractivity contribution >= 4 is 17.2 Å². The fourth-order valence-corrected chi connectivity index (χ4v) is 1.88. The van der Waals surface area contributed by atoms with Crippen LogP contribution in [0.1, 0.15) is 11.4 Å². The number of aromatic nitrogens is 2. The second kappa shape index (κ2) is 4.06. The Morgan fingerprint density at radius 2 is 2.29 bits per heavy atom. The summed E-state index contributed by atoms with van der Waals surface area (Å²) in [6.07, 6.45) is 1.68. The van der Waals surface area contributed by atoms with Gasteiger partial charge >= 0.3 is 0 Å². The molecule has 0 atom stereocenters. The van der Waals surface area contributed by atoms with Crippen molar-refractivity contribution in [3.05, 3.63) is 17.7 Å². The summed E-state index contributed by atoms with van der Waals surface area (Å²) in [5, 5.41) is 0. The molecule has 0 aliphatic carbocycles. The van der Waals surface area contributed by atoms with E-state index in [1.807, 2.05) is 6.92 Å². The molecule has 2 heterocycles. The molecule has 0 spiro atoms. The van der Waals surface area contributed by atoms with E-state index in [-0.39, 0.29) is 0 Å². The molecule has 0 unspecified atom stereocenters. The van der Waals surface area contributed by atoms with Gasteiger partial charge in [-0.3, -0.25) is 0 Å². The molecular formula is C9H13N3OS. The largest absolute Gasteiger partial charge is 0.378 e. The first-order valence-corrected chi connectivity index (χ1v) is 5.07. The minimum atomic E-state index is 0.754. The van der Waals surface area contributed by atoms with Gasteiger partial charge in [0, 0.05) is 18.8 Å². The third kappa shape index (κ3) is 1.78. The lowest BCUT2D eigenvalue weighted by molar-refractivity contribution is 0.0692. The minimum absolute atomic E-state index is 0.754. The normalized spacial score (nSPS) is 17.1. The van der Waals surface area contributed by atoms with Gasteiger partial charge in [0.05, 0.1) is 19.5 Å². The summed E-state index contributed by atoms with van der Waals surface area (Å²) in [5.41, 5.74) is 1.92. The van der Waals surface area contributed by atoms with Crippen LogP contribution >= 0.6 is 12.2 Å². The average molecular weight is 211 g/mol. The number of morpholine rings is 1. The number of nitrogens with one attached hydrogen (secondary N) is 1. The third-order valence-electron chi connectivity index (χ3n) is 2.33. The second-order valence-electron chi connectivity index (χ2n) is 3.28. The van der Waals surface area contributed by atoms with E-state index in [1.165, 1.54) is 0 Å². The molecule has 0 radical (unpaired) electrons. The molecule has 1 saturated heterocycles. The van der Waals surface area contributed by atoms with Crippen LogP contribution in [-0.2, 0) is 4.74 Å². The Hall–Kier alpha value is -0.940. The Morgan fingerprint density at radius 1 is 1.57 bits per heavy atom. The zero-order valence-corrected chi connectivity index (χ0v) is 8.93. The Bertz CT molecular complexity index is 331. The number of aryl methyl sites for hydroxylation is 1. The summed E-state index contributed by atoms with van der Waals surface area (Å²) >= 11 is 5.37. The molecule has 4 nitrogen and oxygen atoms in total. The van der Waals surface area contributed by atoms with Crippen molar-refractivity contribution in [1.29, 1.82) is 0 Å². The zero-order valence-electron chi connectivity index (χ0n) is 8.12. The van der Waals surface area contributed by atoms with Gasteiger partial charge in [-0.05, 0) is 6.92 Å². The number of hydrogen-bond acceptors (Lipinski definition) is 3. The van der Waals surface area contributed by atoms with Gasteiger partial charge in [0.25, 0.3) is 0 Å². The Morgan fingerprint density at radius 3 is 2.86 bits per heavy atom. The predicted molar refractivity (Wildman–Crippen MR) is 57.4 cm³/mol. The fourth-order valence-electron chi connectivity index (χ4n) is 1.49. The van der Waals surface area contributed by atoms with Gasteiger partial charge in [-0.2, -0.15) is 0 Å². The summed E-state index contributed by atoms with van der Waals surface area (Å²) < 4.78 is 5.27. The standard InChI is InChI=1S/C9H13N3OS/c1-7-8(11-6-10-7)9(14)12-2-4-13-5-3-12/h6H,2-5H2,1H3,(H,10,11). The van der Waals surface area contributed by atoms with E-state index in [1.54, 1.807) is 6.33 Å². The molecule has 1 N–H and O–H groups in total. The Balaban J connectivity index is 2.11. The van der Waals surface area contributed by atoms with Gasteiger partial charge in [-0.15, -0.1) is 0 Å². The second-order valence-corrected chi connectivity index (χ2v) is 3.67. The van der Waals surface area contributed by atoms with Crippen LogP contribution in [0.5, 0.6) is 0 Å². The summed E-state index contributed by atoms with van der Waals surface area (Å²) in [7, 11) is 0. The first-order valence-electron chi connectivity index (χ1n) is 4.66. The molecule has 1 aliphatic heterocycles. The molecule has 0 aromatic carbocycles. The molecule has 0 bridgehead atoms. The van der Waals surface area contributed by atoms with Crippen LogP contribution in [0.3, 0.4) is 0 Å². The number of aromatic amines is 1. The van der Waals surface area contributed by atoms with E-state index in [4.69, 9.17) is 17.0 Å². The first-order chi connectivity index (χ1) is 6.79. The van der Waals surface area contributed by atoms with Crippen LogP contribution in [-0.4, -0.2) is 46.2 Å². The number of thiocarbonyl (C=S) groups is 1. The van der Waals surface area contributed by atoms with Gasteiger partial charge in [0.15, 0.2) is 0 Å². The fraction of sp³-hybridized carbons (Fsp3) is 0.556. The Kier molecular flexibility index (Phi) is 2.79. The number of nitrogens with zero attached hydrogens (tertiary/aromatic N) is 2. The lowest BCUT2D eigenvalue weighted by Gasteiger charge is -2.28. The number of H-pyrrole nitrogens is 1. The molecule has 1 aromatic rings. The summed E-state index contributed by atoms with van der Waals surface area (Å²) in [6, 6.07) is 0. The van der Waals surface area contributed by atoms with Crippen LogP contribution in [0.25, 0.3) is 0 Å². The molecule has 0 saturated carbocycles. The topological polar surface area (TPSA) is 41.2 Å². The number of hydrogen-bond donors (Lipinski definition) is 1. The van der Waals surface area contributed by atoms with E-state index in [0.717, 1.165) is 42.7 Å². The third-order valence-corrected chi connectivity index (χ3v) is 2.78. The average Bonchev–Trinajstić information content (AvgIpc) is 2.65. The minimum Gasteiger partial charge on any atom is -0.378 e. The lowest BCUT2D eigenvalue weighted by atomic mass is 10.3. The van der Waals surface area contributed by atoms with Gasteiger partial charge in [-0.25, -0.2) is 4.98 Å². The van der Waals surface area contributed by atoms with E-state index < -0.39 is 0 Å². The molecular weight excluding hydrogens is 198 g/mol. The molecule has 1 aliphatic rings. The highest BCUT2D eigenvalue weighted by atomic mass is 32.1. The van der Waals surface area contributed by atoms with Gasteiger partial charge in [-0.1, -0.05) is 12.2 Å². The van der Waals surface area contributed by atoms with Crippen LogP contribution in [0, 0.1) is 6.92 Å². The summed E-state index contributed by atoms with van der Waals surface area (Å²) in [4.78, 5) is 10.2. The van der Waals surface area contributed by atoms with Crippen molar-refractivity contribution in [2.45, 2.75) is 6.92 Å². The van der Waals surface area contributed by atoms with Crippen LogP contribution in [0.4, 0.5) is 0 Å². The maximum Gasteiger partial charge on any atom is 0.129 e. The zero-order chi connectivity index (χ0) is 9.97. The molecule has 0 amide bonds.